The number of rotatable bonds is 2. The minimum absolute atomic E-state index is 0.107. The Morgan fingerprint density at radius 3 is 2.62 bits per heavy atom. The molecule has 2 rings (SSSR count). The highest BCUT2D eigenvalue weighted by Gasteiger charge is 2.21. The van der Waals surface area contributed by atoms with Gasteiger partial charge in [0.25, 0.3) is 5.69 Å². The number of allylic oxidation sites excluding steroid dienone is 1. The summed E-state index contributed by atoms with van der Waals surface area (Å²) in [5, 5.41) is 10.5. The number of amides is 1. The van der Waals surface area contributed by atoms with Gasteiger partial charge in [-0.15, -0.1) is 0 Å². The molecular weight excluding hydrogens is 278 g/mol. The predicted molar refractivity (Wildman–Crippen MR) is 72.4 cm³/mol. The number of nitro groups is 1. The Labute approximate surface area is 118 Å². The Morgan fingerprint density at radius 1 is 1.38 bits per heavy atom. The van der Waals surface area contributed by atoms with Crippen molar-refractivity contribution in [3.05, 3.63) is 52.5 Å². The molecule has 0 N–H and O–H groups in total. The number of hydrogen-bond acceptors (Lipinski definition) is 6. The highest BCUT2D eigenvalue weighted by atomic mass is 16.6. The third-order valence-corrected chi connectivity index (χ3v) is 2.52. The maximum absolute atomic E-state index is 11.9. The summed E-state index contributed by atoms with van der Waals surface area (Å²) in [7, 11) is 0. The van der Waals surface area contributed by atoms with Gasteiger partial charge in [-0.25, -0.2) is 19.5 Å². The van der Waals surface area contributed by atoms with Gasteiger partial charge in [-0.3, -0.25) is 10.1 Å². The Bertz CT molecular complexity index is 699. The van der Waals surface area contributed by atoms with Crippen LogP contribution in [0, 0.1) is 10.1 Å². The van der Waals surface area contributed by atoms with Crippen LogP contribution in [0.5, 0.6) is 5.75 Å². The van der Waals surface area contributed by atoms with E-state index in [0.717, 1.165) is 4.90 Å². The highest BCUT2D eigenvalue weighted by molar-refractivity contribution is 5.96. The molecule has 0 fully saturated rings. The van der Waals surface area contributed by atoms with Gasteiger partial charge in [0.15, 0.2) is 5.94 Å². The van der Waals surface area contributed by atoms with Crippen molar-refractivity contribution in [2.45, 2.75) is 6.92 Å². The zero-order valence-corrected chi connectivity index (χ0v) is 10.8. The Balaban J connectivity index is 2.13. The summed E-state index contributed by atoms with van der Waals surface area (Å²) in [6, 6.07) is 4.96. The molecule has 0 spiro atoms. The average molecular weight is 287 g/mol. The Morgan fingerprint density at radius 2 is 2.05 bits per heavy atom. The van der Waals surface area contributed by atoms with E-state index < -0.39 is 11.0 Å². The molecule has 0 unspecified atom stereocenters. The molecule has 1 aliphatic rings. The minimum Gasteiger partial charge on any atom is -0.410 e. The third kappa shape index (κ3) is 3.20. The summed E-state index contributed by atoms with van der Waals surface area (Å²) >= 11 is 0. The van der Waals surface area contributed by atoms with Crippen LogP contribution in [-0.4, -0.2) is 27.6 Å². The number of nitrogens with zero attached hydrogens (tertiary/aromatic N) is 3. The lowest BCUT2D eigenvalue weighted by atomic mass is 10.3. The maximum Gasteiger partial charge on any atom is 0.425 e. The molecule has 1 amide bonds. The van der Waals surface area contributed by atoms with Crippen molar-refractivity contribution in [2.75, 3.05) is 0 Å². The van der Waals surface area contributed by atoms with Crippen LogP contribution in [0.2, 0.25) is 0 Å². The summed E-state index contributed by atoms with van der Waals surface area (Å²) in [6.45, 7) is 1.66. The summed E-state index contributed by atoms with van der Waals surface area (Å²) in [5.74, 6) is 1.43. The largest absolute Gasteiger partial charge is 0.425 e. The lowest BCUT2D eigenvalue weighted by Gasteiger charge is -2.18. The SMILES string of the molecule is CC1=NC(=C=O)N(C(=O)Oc2ccc([N+](=O)[O-])cc2)C=C1. The van der Waals surface area contributed by atoms with Crippen molar-refractivity contribution in [3.63, 3.8) is 0 Å². The van der Waals surface area contributed by atoms with Gasteiger partial charge < -0.3 is 4.74 Å². The lowest BCUT2D eigenvalue weighted by Crippen LogP contribution is -2.30. The van der Waals surface area contributed by atoms with Crippen LogP contribution in [0.4, 0.5) is 10.5 Å². The van der Waals surface area contributed by atoms with Crippen molar-refractivity contribution in [2.24, 2.45) is 4.99 Å². The molecule has 0 aromatic heterocycles. The second kappa shape index (κ2) is 5.81. The Hall–Kier alpha value is -3.25. The lowest BCUT2D eigenvalue weighted by molar-refractivity contribution is -0.384. The monoisotopic (exact) mass is 287 g/mol. The number of nitro benzene ring substituents is 1. The van der Waals surface area contributed by atoms with Gasteiger partial charge in [0.2, 0.25) is 5.82 Å². The normalized spacial score (nSPS) is 13.5. The summed E-state index contributed by atoms with van der Waals surface area (Å²) in [4.78, 5) is 37.4. The predicted octanol–water partition coefficient (Wildman–Crippen LogP) is 2.06. The fourth-order valence-electron chi connectivity index (χ4n) is 1.52. The molecule has 1 aromatic carbocycles. The molecule has 0 atom stereocenters. The van der Waals surface area contributed by atoms with Crippen LogP contribution in [0.25, 0.3) is 0 Å². The van der Waals surface area contributed by atoms with E-state index in [2.05, 4.69) is 4.99 Å². The summed E-state index contributed by atoms with van der Waals surface area (Å²) in [6.07, 6.45) is 1.99. The fraction of sp³-hybridized carbons (Fsp3) is 0.0769. The van der Waals surface area contributed by atoms with Gasteiger partial charge in [-0.2, -0.15) is 0 Å². The highest BCUT2D eigenvalue weighted by Crippen LogP contribution is 2.19. The van der Waals surface area contributed by atoms with Crippen molar-refractivity contribution in [1.29, 1.82) is 0 Å². The van der Waals surface area contributed by atoms with E-state index in [0.29, 0.717) is 5.71 Å². The van der Waals surface area contributed by atoms with Crippen LogP contribution in [0.1, 0.15) is 6.92 Å². The standard InChI is InChI=1S/C13H9N3O5/c1-9-6-7-15(12(8-17)14-9)13(18)21-11-4-2-10(3-5-11)16(19)20/h2-7H,1H3. The molecule has 1 heterocycles. The first kappa shape index (κ1) is 14.2. The molecule has 8 nitrogen and oxygen atoms in total. The second-order valence-electron chi connectivity index (χ2n) is 3.98. The first-order chi connectivity index (χ1) is 10.0. The van der Waals surface area contributed by atoms with Gasteiger partial charge in [0.1, 0.15) is 5.75 Å². The molecular formula is C13H9N3O5. The van der Waals surface area contributed by atoms with Gasteiger partial charge >= 0.3 is 6.09 Å². The molecule has 1 aromatic rings. The van der Waals surface area contributed by atoms with E-state index in [1.54, 1.807) is 6.92 Å². The van der Waals surface area contributed by atoms with E-state index in [-0.39, 0.29) is 17.3 Å². The topological polar surface area (TPSA) is 102 Å². The van der Waals surface area contributed by atoms with E-state index in [4.69, 9.17) is 4.74 Å². The Kier molecular flexibility index (Phi) is 3.92. The molecule has 0 saturated carbocycles. The average Bonchev–Trinajstić information content (AvgIpc) is 2.47. The molecule has 8 heteroatoms. The molecule has 21 heavy (non-hydrogen) atoms. The van der Waals surface area contributed by atoms with E-state index in [1.807, 2.05) is 0 Å². The van der Waals surface area contributed by atoms with Crippen LogP contribution in [0.15, 0.2) is 47.4 Å². The van der Waals surface area contributed by atoms with E-state index in [1.165, 1.54) is 42.5 Å². The summed E-state index contributed by atoms with van der Waals surface area (Å²) in [5.41, 5.74) is 0.425. The quantitative estimate of drug-likeness (QED) is 0.470. The first-order valence-corrected chi connectivity index (χ1v) is 5.75. The van der Waals surface area contributed by atoms with Crippen molar-refractivity contribution in [3.8, 4) is 5.75 Å². The van der Waals surface area contributed by atoms with Crippen molar-refractivity contribution < 1.29 is 19.2 Å². The number of benzene rings is 1. The first-order valence-electron chi connectivity index (χ1n) is 5.75. The van der Waals surface area contributed by atoms with E-state index in [9.17, 15) is 19.7 Å². The third-order valence-electron chi connectivity index (χ3n) is 2.52. The van der Waals surface area contributed by atoms with Crippen LogP contribution >= 0.6 is 0 Å². The van der Waals surface area contributed by atoms with Gasteiger partial charge in [-0.1, -0.05) is 0 Å². The maximum atomic E-state index is 11.9. The molecule has 0 saturated heterocycles. The van der Waals surface area contributed by atoms with Gasteiger partial charge in [0, 0.05) is 24.0 Å². The number of carbonyl (C=O) groups excluding carboxylic acids is 2. The number of carbonyl (C=O) groups is 1. The zero-order valence-electron chi connectivity index (χ0n) is 10.8. The zero-order chi connectivity index (χ0) is 15.4. The van der Waals surface area contributed by atoms with Crippen LogP contribution in [0.3, 0.4) is 0 Å². The molecule has 0 aliphatic carbocycles. The molecule has 106 valence electrons. The van der Waals surface area contributed by atoms with E-state index >= 15 is 0 Å². The minimum atomic E-state index is -0.866. The number of non-ortho nitro benzene ring substituents is 1. The molecule has 0 radical (unpaired) electrons. The number of ether oxygens (including phenoxy) is 1. The van der Waals surface area contributed by atoms with Crippen molar-refractivity contribution in [1.82, 2.24) is 4.90 Å². The smallest absolute Gasteiger partial charge is 0.410 e. The van der Waals surface area contributed by atoms with Crippen molar-refractivity contribution >= 4 is 23.4 Å². The van der Waals surface area contributed by atoms with Crippen LogP contribution < -0.4 is 4.74 Å². The van der Waals surface area contributed by atoms with Gasteiger partial charge in [-0.05, 0) is 25.1 Å². The number of hydrogen-bond donors (Lipinski definition) is 0. The number of aliphatic imine (C=N–C) groups is 1. The molecule has 0 bridgehead atoms. The van der Waals surface area contributed by atoms with Crippen LogP contribution in [-0.2, 0) is 4.79 Å². The molecule has 1 aliphatic heterocycles. The fourth-order valence-corrected chi connectivity index (χ4v) is 1.52. The second-order valence-corrected chi connectivity index (χ2v) is 3.98. The summed E-state index contributed by atoms with van der Waals surface area (Å²) < 4.78 is 5.00. The van der Waals surface area contributed by atoms with Gasteiger partial charge in [0.05, 0.1) is 4.92 Å².